The number of allylic oxidation sites excluding steroid dienone is 2. The highest BCUT2D eigenvalue weighted by molar-refractivity contribution is 6.30. The smallest absolute Gasteiger partial charge is 0.281 e. The van der Waals surface area contributed by atoms with Gasteiger partial charge in [-0.3, -0.25) is 14.5 Å². The van der Waals surface area contributed by atoms with Crippen LogP contribution in [-0.4, -0.2) is 50.7 Å². The molecule has 5 rings (SSSR count). The minimum Gasteiger partial charge on any atom is -0.494 e. The van der Waals surface area contributed by atoms with E-state index >= 15 is 4.39 Å². The molecule has 9 nitrogen and oxygen atoms in total. The highest BCUT2D eigenvalue weighted by Gasteiger charge is 2.48. The predicted molar refractivity (Wildman–Crippen MR) is 150 cm³/mol. The van der Waals surface area contributed by atoms with Crippen LogP contribution in [0.3, 0.4) is 0 Å². The zero-order valence-electron chi connectivity index (χ0n) is 23.4. The van der Waals surface area contributed by atoms with Crippen LogP contribution in [0.5, 0.6) is 0 Å². The Balaban J connectivity index is 1.75. The number of aryl methyl sites for hydroxylation is 1. The predicted octanol–water partition coefficient (Wildman–Crippen LogP) is 5.60. The van der Waals surface area contributed by atoms with Gasteiger partial charge in [-0.2, -0.15) is 5.10 Å². The Morgan fingerprint density at radius 1 is 1.25 bits per heavy atom. The van der Waals surface area contributed by atoms with Gasteiger partial charge in [-0.1, -0.05) is 29.8 Å². The Morgan fingerprint density at radius 3 is 2.48 bits per heavy atom. The highest BCUT2D eigenvalue weighted by atomic mass is 35.5. The zero-order valence-corrected chi connectivity index (χ0v) is 24.1. The molecule has 1 aliphatic carbocycles. The molecule has 0 bridgehead atoms. The minimum atomic E-state index is -0.689. The number of carbonyl (C=O) groups excluding carboxylic acids is 2. The molecule has 40 heavy (non-hydrogen) atoms. The summed E-state index contributed by atoms with van der Waals surface area (Å²) in [6.45, 7) is 5.82. The van der Waals surface area contributed by atoms with Crippen LogP contribution in [0.15, 0.2) is 42.3 Å². The van der Waals surface area contributed by atoms with E-state index < -0.39 is 17.8 Å². The van der Waals surface area contributed by atoms with Crippen molar-refractivity contribution in [3.63, 3.8) is 0 Å². The molecule has 2 aliphatic rings. The molecule has 11 heteroatoms. The van der Waals surface area contributed by atoms with Gasteiger partial charge in [-0.05, 0) is 51.3 Å². The maximum absolute atomic E-state index is 15.9. The zero-order chi connectivity index (χ0) is 28.9. The second kappa shape index (κ2) is 10.6. The van der Waals surface area contributed by atoms with Crippen LogP contribution in [0.25, 0.3) is 5.57 Å². The van der Waals surface area contributed by atoms with Crippen LogP contribution >= 0.6 is 11.6 Å². The Kier molecular flexibility index (Phi) is 7.31. The number of nitrogens with zero attached hydrogens (tertiary/aromatic N) is 6. The summed E-state index contributed by atoms with van der Waals surface area (Å²) in [5, 5.41) is 5.01. The molecule has 1 unspecified atom stereocenters. The molecule has 0 radical (unpaired) electrons. The average molecular weight is 567 g/mol. The lowest BCUT2D eigenvalue weighted by molar-refractivity contribution is -0.115. The van der Waals surface area contributed by atoms with Crippen molar-refractivity contribution >= 4 is 35.3 Å². The number of halogens is 2. The molecule has 2 aromatic heterocycles. The summed E-state index contributed by atoms with van der Waals surface area (Å²) in [5.41, 5.74) is 2.60. The summed E-state index contributed by atoms with van der Waals surface area (Å²) in [6.07, 6.45) is 5.81. The number of methoxy groups -OCH3 is 1. The molecule has 1 fully saturated rings. The van der Waals surface area contributed by atoms with Crippen molar-refractivity contribution in [3.8, 4) is 0 Å². The first-order valence-corrected chi connectivity index (χ1v) is 13.5. The van der Waals surface area contributed by atoms with Crippen molar-refractivity contribution in [1.82, 2.24) is 24.2 Å². The Labute approximate surface area is 237 Å². The van der Waals surface area contributed by atoms with Gasteiger partial charge in [0, 0.05) is 37.3 Å². The van der Waals surface area contributed by atoms with E-state index in [0.29, 0.717) is 40.0 Å². The number of rotatable bonds is 9. The topological polar surface area (TPSA) is 85.5 Å². The number of anilines is 1. The van der Waals surface area contributed by atoms with Crippen molar-refractivity contribution in [2.24, 2.45) is 7.05 Å². The lowest BCUT2D eigenvalue weighted by atomic mass is 10.0. The van der Waals surface area contributed by atoms with Gasteiger partial charge < -0.3 is 14.2 Å². The van der Waals surface area contributed by atoms with Gasteiger partial charge in [0.05, 0.1) is 18.4 Å². The Bertz CT molecular complexity index is 1530. The number of amides is 2. The van der Waals surface area contributed by atoms with Crippen LogP contribution in [0.2, 0.25) is 5.02 Å². The van der Waals surface area contributed by atoms with E-state index in [2.05, 4.69) is 5.10 Å². The first kappa shape index (κ1) is 27.6. The molecule has 1 saturated carbocycles. The third-order valence-corrected chi connectivity index (χ3v) is 7.52. The fraction of sp³-hybridized carbons (Fsp3) is 0.379. The summed E-state index contributed by atoms with van der Waals surface area (Å²) in [4.78, 5) is 33.2. The van der Waals surface area contributed by atoms with Crippen molar-refractivity contribution in [1.29, 1.82) is 0 Å². The molecular weight excluding hydrogens is 535 g/mol. The molecule has 1 atom stereocenters. The number of fused-ring (bicyclic) bond motifs is 1. The minimum absolute atomic E-state index is 0.0734. The first-order chi connectivity index (χ1) is 19.1. The van der Waals surface area contributed by atoms with E-state index in [1.54, 1.807) is 32.4 Å². The van der Waals surface area contributed by atoms with Crippen LogP contribution < -0.4 is 4.90 Å². The van der Waals surface area contributed by atoms with E-state index in [1.807, 2.05) is 43.5 Å². The number of imidazole rings is 1. The first-order valence-electron chi connectivity index (χ1n) is 13.2. The molecule has 3 heterocycles. The number of aromatic nitrogens is 4. The third kappa shape index (κ3) is 4.50. The normalized spacial score (nSPS) is 17.6. The fourth-order valence-corrected chi connectivity index (χ4v) is 5.44. The van der Waals surface area contributed by atoms with Gasteiger partial charge in [0.15, 0.2) is 17.3 Å². The van der Waals surface area contributed by atoms with Crippen LogP contribution in [-0.2, 0) is 16.6 Å². The largest absolute Gasteiger partial charge is 0.494 e. The fourth-order valence-electron chi connectivity index (χ4n) is 5.32. The molecule has 1 aromatic carbocycles. The maximum atomic E-state index is 15.9. The molecular formula is C29H32ClFN6O3. The average Bonchev–Trinajstić information content (AvgIpc) is 3.57. The van der Waals surface area contributed by atoms with Crippen molar-refractivity contribution in [2.75, 3.05) is 19.1 Å². The van der Waals surface area contributed by atoms with Crippen LogP contribution in [0.1, 0.15) is 84.9 Å². The lowest BCUT2D eigenvalue weighted by Gasteiger charge is -2.28. The van der Waals surface area contributed by atoms with E-state index in [9.17, 15) is 9.59 Å². The van der Waals surface area contributed by atoms with E-state index in [1.165, 1.54) is 21.6 Å². The summed E-state index contributed by atoms with van der Waals surface area (Å²) >= 11 is 6.22. The standard InChI is InChI=1S/C29H32ClFN6O3/c1-7-20(21(40-6)14-34(4)15-38)27-32-24-26(36(27)16(2)3)25(18-10-12-19(30)13-11-18)37(29(24)39)28-22(31)23(17-8-9-17)33-35(28)5/h7,10-17,25H,8-9H2,1-6H3/b20-7+,21-14+. The summed E-state index contributed by atoms with van der Waals surface area (Å²) in [6, 6.07) is 6.36. The molecule has 0 saturated heterocycles. The van der Waals surface area contributed by atoms with Crippen LogP contribution in [0, 0.1) is 5.82 Å². The lowest BCUT2D eigenvalue weighted by Crippen LogP contribution is -2.33. The summed E-state index contributed by atoms with van der Waals surface area (Å²) in [5.74, 6) is 0.188. The number of ether oxygens (including phenoxy) is 1. The number of hydrogen-bond acceptors (Lipinski definition) is 5. The highest BCUT2D eigenvalue weighted by Crippen LogP contribution is 2.48. The Morgan fingerprint density at radius 2 is 1.93 bits per heavy atom. The van der Waals surface area contributed by atoms with Crippen molar-refractivity contribution in [3.05, 3.63) is 81.6 Å². The molecule has 210 valence electrons. The molecule has 0 N–H and O–H groups in total. The van der Waals surface area contributed by atoms with E-state index in [-0.39, 0.29) is 23.5 Å². The SMILES string of the molecule is C/C=C(\C(=C/N(C)C=O)OC)c1nc2c(n1C(C)C)C(c1ccc(Cl)cc1)N(c1c(F)c(C3CC3)nn1C)C2=O. The van der Waals surface area contributed by atoms with Gasteiger partial charge >= 0.3 is 0 Å². The van der Waals surface area contributed by atoms with Crippen molar-refractivity contribution < 1.29 is 18.7 Å². The Hall–Kier alpha value is -3.92. The molecule has 3 aromatic rings. The second-order valence-electron chi connectivity index (χ2n) is 10.4. The second-order valence-corrected chi connectivity index (χ2v) is 10.8. The van der Waals surface area contributed by atoms with Gasteiger partial charge in [-0.25, -0.2) is 14.1 Å². The molecule has 0 spiro atoms. The van der Waals surface area contributed by atoms with Gasteiger partial charge in [0.25, 0.3) is 5.91 Å². The number of carbonyl (C=O) groups is 2. The van der Waals surface area contributed by atoms with Crippen LogP contribution in [0.4, 0.5) is 10.2 Å². The van der Waals surface area contributed by atoms with E-state index in [0.717, 1.165) is 18.4 Å². The number of benzene rings is 1. The van der Waals surface area contributed by atoms with Crippen molar-refractivity contribution in [2.45, 2.75) is 51.6 Å². The van der Waals surface area contributed by atoms with E-state index in [4.69, 9.17) is 21.3 Å². The third-order valence-electron chi connectivity index (χ3n) is 7.27. The quantitative estimate of drug-likeness (QED) is 0.191. The maximum Gasteiger partial charge on any atom is 0.281 e. The summed E-state index contributed by atoms with van der Waals surface area (Å²) < 4.78 is 25.0. The molecule has 2 amide bonds. The van der Waals surface area contributed by atoms with Gasteiger partial charge in [0.1, 0.15) is 23.3 Å². The molecule has 1 aliphatic heterocycles. The van der Waals surface area contributed by atoms with Gasteiger partial charge in [-0.15, -0.1) is 0 Å². The monoisotopic (exact) mass is 566 g/mol. The van der Waals surface area contributed by atoms with Gasteiger partial charge in [0.2, 0.25) is 6.41 Å². The number of hydrogen-bond donors (Lipinski definition) is 0. The summed E-state index contributed by atoms with van der Waals surface area (Å²) in [7, 11) is 4.77.